The molecule has 0 aliphatic heterocycles. The van der Waals surface area contributed by atoms with Crippen molar-refractivity contribution < 1.29 is 0 Å². The van der Waals surface area contributed by atoms with Crippen LogP contribution < -0.4 is 9.91 Å². The number of hydrogen-bond acceptors (Lipinski definition) is 4. The third kappa shape index (κ3) is 5.46. The number of hydrazone groups is 1. The molecular formula is C24H24N4. The topological polar surface area (TPSA) is 42.6 Å². The number of benzene rings is 3. The molecule has 0 bridgehead atoms. The van der Waals surface area contributed by atoms with Gasteiger partial charge in [-0.2, -0.15) is 10.4 Å². The number of hydrogen-bond donors (Lipinski definition) is 0. The Morgan fingerprint density at radius 3 is 2.14 bits per heavy atom. The van der Waals surface area contributed by atoms with Crippen molar-refractivity contribution in [3.05, 3.63) is 96.1 Å². The number of para-hydroxylation sites is 1. The van der Waals surface area contributed by atoms with E-state index in [1.54, 1.807) is 0 Å². The standard InChI is InChI=1S/C24H24N4/c1-27(18-8-17-25)23-15-13-21(14-16-23)19-26-28(24-11-6-3-7-12-24)20-22-9-4-2-5-10-22/h2-7,9-16,19H,8,18,20H2,1H3/b26-19-. The molecule has 0 atom stereocenters. The summed E-state index contributed by atoms with van der Waals surface area (Å²) in [5.74, 6) is 0. The SMILES string of the molecule is CN(CCC#N)c1ccc(/C=N\N(Cc2ccccc2)c2ccccc2)cc1. The average molecular weight is 368 g/mol. The fraction of sp³-hybridized carbons (Fsp3) is 0.167. The summed E-state index contributed by atoms with van der Waals surface area (Å²) in [6.07, 6.45) is 2.40. The monoisotopic (exact) mass is 368 g/mol. The molecule has 0 heterocycles. The summed E-state index contributed by atoms with van der Waals surface area (Å²) >= 11 is 0. The molecule has 0 aromatic heterocycles. The summed E-state index contributed by atoms with van der Waals surface area (Å²) in [5, 5.41) is 15.5. The molecule has 0 saturated carbocycles. The van der Waals surface area contributed by atoms with E-state index in [9.17, 15) is 0 Å². The first-order chi connectivity index (χ1) is 13.8. The Balaban J connectivity index is 1.75. The minimum atomic E-state index is 0.519. The second-order valence-corrected chi connectivity index (χ2v) is 6.54. The Bertz CT molecular complexity index is 912. The Labute approximate surface area is 167 Å². The van der Waals surface area contributed by atoms with Crippen LogP contribution in [0.5, 0.6) is 0 Å². The van der Waals surface area contributed by atoms with Gasteiger partial charge < -0.3 is 4.90 Å². The Kier molecular flexibility index (Phi) is 6.81. The Morgan fingerprint density at radius 1 is 0.857 bits per heavy atom. The van der Waals surface area contributed by atoms with Gasteiger partial charge in [0.15, 0.2) is 0 Å². The molecule has 0 N–H and O–H groups in total. The van der Waals surface area contributed by atoms with Crippen LogP contribution in [0.2, 0.25) is 0 Å². The van der Waals surface area contributed by atoms with E-state index < -0.39 is 0 Å². The molecule has 0 saturated heterocycles. The van der Waals surface area contributed by atoms with Crippen LogP contribution in [-0.2, 0) is 6.54 Å². The molecule has 0 unspecified atom stereocenters. The molecule has 0 aliphatic carbocycles. The maximum atomic E-state index is 8.73. The fourth-order valence-electron chi connectivity index (χ4n) is 2.85. The Hall–Kier alpha value is -3.58. The first kappa shape index (κ1) is 19.2. The van der Waals surface area contributed by atoms with Gasteiger partial charge in [-0.1, -0.05) is 60.7 Å². The van der Waals surface area contributed by atoms with E-state index in [1.165, 1.54) is 5.56 Å². The van der Waals surface area contributed by atoms with Gasteiger partial charge in [-0.25, -0.2) is 0 Å². The van der Waals surface area contributed by atoms with Crippen molar-refractivity contribution in [2.75, 3.05) is 23.5 Å². The molecule has 0 fully saturated rings. The Morgan fingerprint density at radius 2 is 1.50 bits per heavy atom. The summed E-state index contributed by atoms with van der Waals surface area (Å²) in [6, 6.07) is 30.9. The van der Waals surface area contributed by atoms with Crippen molar-refractivity contribution in [3.63, 3.8) is 0 Å². The van der Waals surface area contributed by atoms with Crippen LogP contribution in [0, 0.1) is 11.3 Å². The fourth-order valence-corrected chi connectivity index (χ4v) is 2.85. The lowest BCUT2D eigenvalue weighted by molar-refractivity contribution is 0.858. The van der Waals surface area contributed by atoms with Crippen LogP contribution in [-0.4, -0.2) is 19.8 Å². The van der Waals surface area contributed by atoms with Crippen molar-refractivity contribution in [1.82, 2.24) is 0 Å². The summed E-state index contributed by atoms with van der Waals surface area (Å²) in [5.41, 5.74) is 4.39. The van der Waals surface area contributed by atoms with Gasteiger partial charge in [0.25, 0.3) is 0 Å². The van der Waals surface area contributed by atoms with Gasteiger partial charge in [0.2, 0.25) is 0 Å². The van der Waals surface area contributed by atoms with Crippen LogP contribution in [0.4, 0.5) is 11.4 Å². The first-order valence-corrected chi connectivity index (χ1v) is 9.35. The summed E-state index contributed by atoms with van der Waals surface area (Å²) in [7, 11) is 2.00. The van der Waals surface area contributed by atoms with Gasteiger partial charge >= 0.3 is 0 Å². The molecule has 4 heteroatoms. The zero-order chi connectivity index (χ0) is 19.6. The quantitative estimate of drug-likeness (QED) is 0.411. The van der Waals surface area contributed by atoms with Crippen LogP contribution in [0.15, 0.2) is 90.0 Å². The minimum absolute atomic E-state index is 0.519. The van der Waals surface area contributed by atoms with E-state index in [0.29, 0.717) is 13.0 Å². The number of nitrogens with zero attached hydrogens (tertiary/aromatic N) is 4. The second kappa shape index (κ2) is 9.94. The molecule has 0 amide bonds. The van der Waals surface area contributed by atoms with E-state index >= 15 is 0 Å². The third-order valence-corrected chi connectivity index (χ3v) is 4.47. The van der Waals surface area contributed by atoms with Crippen molar-refractivity contribution in [2.45, 2.75) is 13.0 Å². The summed E-state index contributed by atoms with van der Waals surface area (Å²) in [6.45, 7) is 1.43. The molecule has 0 radical (unpaired) electrons. The maximum Gasteiger partial charge on any atom is 0.0666 e. The van der Waals surface area contributed by atoms with Gasteiger partial charge in [-0.05, 0) is 35.4 Å². The van der Waals surface area contributed by atoms with Crippen LogP contribution >= 0.6 is 0 Å². The van der Waals surface area contributed by atoms with Crippen LogP contribution in [0.25, 0.3) is 0 Å². The molecule has 3 aromatic rings. The van der Waals surface area contributed by atoms with Crippen molar-refractivity contribution in [3.8, 4) is 6.07 Å². The van der Waals surface area contributed by atoms with Crippen LogP contribution in [0.1, 0.15) is 17.5 Å². The van der Waals surface area contributed by atoms with Gasteiger partial charge in [0, 0.05) is 19.3 Å². The third-order valence-electron chi connectivity index (χ3n) is 4.47. The number of nitriles is 1. The molecule has 3 aromatic carbocycles. The van der Waals surface area contributed by atoms with Gasteiger partial charge in [-0.3, -0.25) is 5.01 Å². The van der Waals surface area contributed by atoms with Crippen molar-refractivity contribution in [2.24, 2.45) is 5.10 Å². The van der Waals surface area contributed by atoms with E-state index in [0.717, 1.165) is 23.5 Å². The molecule has 4 nitrogen and oxygen atoms in total. The van der Waals surface area contributed by atoms with Gasteiger partial charge in [0.1, 0.15) is 0 Å². The summed E-state index contributed by atoms with van der Waals surface area (Å²) in [4.78, 5) is 2.08. The van der Waals surface area contributed by atoms with E-state index in [-0.39, 0.29) is 0 Å². The zero-order valence-corrected chi connectivity index (χ0v) is 16.1. The van der Waals surface area contributed by atoms with Gasteiger partial charge in [0.05, 0.1) is 30.9 Å². The van der Waals surface area contributed by atoms with E-state index in [1.807, 2.05) is 66.8 Å². The largest absolute Gasteiger partial charge is 0.374 e. The molecule has 140 valence electrons. The zero-order valence-electron chi connectivity index (χ0n) is 16.1. The number of rotatable bonds is 8. The maximum absolute atomic E-state index is 8.73. The van der Waals surface area contributed by atoms with Crippen molar-refractivity contribution >= 4 is 17.6 Å². The highest BCUT2D eigenvalue weighted by molar-refractivity contribution is 5.81. The highest BCUT2D eigenvalue weighted by Crippen LogP contribution is 2.18. The molecule has 0 aliphatic rings. The predicted octanol–water partition coefficient (Wildman–Crippen LogP) is 5.08. The number of anilines is 2. The molecule has 28 heavy (non-hydrogen) atoms. The molecule has 3 rings (SSSR count). The first-order valence-electron chi connectivity index (χ1n) is 9.35. The van der Waals surface area contributed by atoms with Gasteiger partial charge in [-0.15, -0.1) is 0 Å². The lowest BCUT2D eigenvalue weighted by atomic mass is 10.2. The summed E-state index contributed by atoms with van der Waals surface area (Å²) < 4.78 is 0. The normalized spacial score (nSPS) is 10.6. The highest BCUT2D eigenvalue weighted by atomic mass is 15.4. The lowest BCUT2D eigenvalue weighted by Gasteiger charge is -2.19. The molecule has 0 spiro atoms. The van der Waals surface area contributed by atoms with E-state index in [2.05, 4.69) is 47.4 Å². The average Bonchev–Trinajstić information content (AvgIpc) is 2.76. The van der Waals surface area contributed by atoms with Crippen LogP contribution in [0.3, 0.4) is 0 Å². The smallest absolute Gasteiger partial charge is 0.0666 e. The molecular weight excluding hydrogens is 344 g/mol. The van der Waals surface area contributed by atoms with Crippen molar-refractivity contribution in [1.29, 1.82) is 5.26 Å². The lowest BCUT2D eigenvalue weighted by Crippen LogP contribution is -2.18. The highest BCUT2D eigenvalue weighted by Gasteiger charge is 2.05. The second-order valence-electron chi connectivity index (χ2n) is 6.54. The minimum Gasteiger partial charge on any atom is -0.374 e. The van der Waals surface area contributed by atoms with E-state index in [4.69, 9.17) is 10.4 Å². The predicted molar refractivity (Wildman–Crippen MR) is 117 cm³/mol.